The third kappa shape index (κ3) is 6.72. The zero-order valence-electron chi connectivity index (χ0n) is 12.7. The zero-order valence-corrected chi connectivity index (χ0v) is 12.7. The fraction of sp³-hybridized carbons (Fsp3) is 0.375. The molecule has 0 saturated carbocycles. The fourth-order valence-electron chi connectivity index (χ4n) is 1.87. The van der Waals surface area contributed by atoms with Crippen molar-refractivity contribution in [2.24, 2.45) is 0 Å². The van der Waals surface area contributed by atoms with Gasteiger partial charge in [-0.25, -0.2) is 4.79 Å². The molecular formula is C16H23N3O2. The van der Waals surface area contributed by atoms with Crippen LogP contribution < -0.4 is 10.6 Å². The lowest BCUT2D eigenvalue weighted by Crippen LogP contribution is -2.43. The normalized spacial score (nSPS) is 10.2. The summed E-state index contributed by atoms with van der Waals surface area (Å²) in [6.07, 6.45) is 2.56. The summed E-state index contributed by atoms with van der Waals surface area (Å²) >= 11 is 0. The summed E-state index contributed by atoms with van der Waals surface area (Å²) in [6, 6.07) is 7.80. The lowest BCUT2D eigenvalue weighted by Gasteiger charge is -2.16. The minimum atomic E-state index is -0.499. The van der Waals surface area contributed by atoms with Gasteiger partial charge in [-0.2, -0.15) is 0 Å². The number of likely N-dealkylation sites (N-methyl/N-ethyl adjacent to an activating group) is 1. The summed E-state index contributed by atoms with van der Waals surface area (Å²) in [5, 5.41) is 4.76. The highest BCUT2D eigenvalue weighted by molar-refractivity contribution is 5.95. The Labute approximate surface area is 126 Å². The van der Waals surface area contributed by atoms with E-state index in [1.54, 1.807) is 6.08 Å². The van der Waals surface area contributed by atoms with Gasteiger partial charge in [0.05, 0.1) is 6.54 Å². The highest BCUT2D eigenvalue weighted by atomic mass is 16.2. The van der Waals surface area contributed by atoms with E-state index in [2.05, 4.69) is 48.4 Å². The third-order valence-electron chi connectivity index (χ3n) is 2.96. The number of rotatable bonds is 7. The molecule has 0 aliphatic heterocycles. The molecule has 5 nitrogen and oxygen atoms in total. The first-order valence-corrected chi connectivity index (χ1v) is 7.00. The van der Waals surface area contributed by atoms with Crippen LogP contribution in [0.2, 0.25) is 0 Å². The average Bonchev–Trinajstić information content (AvgIpc) is 2.45. The number of carbonyl (C=O) groups is 2. The van der Waals surface area contributed by atoms with Crippen LogP contribution in [0.1, 0.15) is 18.1 Å². The fourth-order valence-corrected chi connectivity index (χ4v) is 1.87. The quantitative estimate of drug-likeness (QED) is 0.751. The van der Waals surface area contributed by atoms with E-state index in [1.807, 2.05) is 11.9 Å². The van der Waals surface area contributed by atoms with Crippen molar-refractivity contribution in [2.75, 3.05) is 20.1 Å². The van der Waals surface area contributed by atoms with E-state index >= 15 is 0 Å². The van der Waals surface area contributed by atoms with Crippen LogP contribution in [-0.4, -0.2) is 37.0 Å². The Morgan fingerprint density at radius 2 is 1.86 bits per heavy atom. The van der Waals surface area contributed by atoms with Crippen molar-refractivity contribution < 1.29 is 9.59 Å². The van der Waals surface area contributed by atoms with Crippen molar-refractivity contribution in [3.8, 4) is 0 Å². The van der Waals surface area contributed by atoms with Crippen LogP contribution in [-0.2, 0) is 17.8 Å². The number of hydrogen-bond acceptors (Lipinski definition) is 3. The maximum absolute atomic E-state index is 11.7. The number of nitrogens with zero attached hydrogens (tertiary/aromatic N) is 1. The molecule has 0 spiro atoms. The van der Waals surface area contributed by atoms with Gasteiger partial charge in [0.1, 0.15) is 0 Å². The van der Waals surface area contributed by atoms with Gasteiger partial charge in [-0.05, 0) is 24.6 Å². The number of imide groups is 1. The molecule has 0 unspecified atom stereocenters. The maximum Gasteiger partial charge on any atom is 0.321 e. The molecule has 0 aromatic heterocycles. The molecule has 0 fully saturated rings. The van der Waals surface area contributed by atoms with Crippen LogP contribution in [0.25, 0.3) is 0 Å². The summed E-state index contributed by atoms with van der Waals surface area (Å²) in [7, 11) is 1.84. The first-order valence-electron chi connectivity index (χ1n) is 7.00. The van der Waals surface area contributed by atoms with Crippen LogP contribution in [0.4, 0.5) is 4.79 Å². The standard InChI is InChI=1S/C16H23N3O2/c1-4-10-17-16(21)18-15(20)12-19(3)11-14-8-6-13(5-2)7-9-14/h4,6-9H,1,5,10-12H2,2-3H3,(H2,17,18,20,21). The molecule has 0 heterocycles. The van der Waals surface area contributed by atoms with Crippen molar-refractivity contribution in [3.05, 3.63) is 48.0 Å². The SMILES string of the molecule is C=CCNC(=O)NC(=O)CN(C)Cc1ccc(CC)cc1. The van der Waals surface area contributed by atoms with Crippen molar-refractivity contribution >= 4 is 11.9 Å². The smallest absolute Gasteiger partial charge is 0.321 e. The third-order valence-corrected chi connectivity index (χ3v) is 2.96. The molecule has 1 aromatic carbocycles. The number of aryl methyl sites for hydroxylation is 1. The Balaban J connectivity index is 2.37. The van der Waals surface area contributed by atoms with E-state index in [-0.39, 0.29) is 12.5 Å². The minimum absolute atomic E-state index is 0.164. The van der Waals surface area contributed by atoms with Crippen LogP contribution in [0, 0.1) is 0 Å². The number of benzene rings is 1. The van der Waals surface area contributed by atoms with Crippen LogP contribution in [0.15, 0.2) is 36.9 Å². The van der Waals surface area contributed by atoms with Gasteiger partial charge in [-0.15, -0.1) is 6.58 Å². The van der Waals surface area contributed by atoms with Crippen molar-refractivity contribution in [3.63, 3.8) is 0 Å². The second kappa shape index (κ2) is 8.92. The highest BCUT2D eigenvalue weighted by Gasteiger charge is 2.10. The molecule has 1 rings (SSSR count). The largest absolute Gasteiger partial charge is 0.334 e. The van der Waals surface area contributed by atoms with E-state index in [0.717, 1.165) is 12.0 Å². The molecule has 0 radical (unpaired) electrons. The Hall–Kier alpha value is -2.14. The van der Waals surface area contributed by atoms with Gasteiger partial charge in [0.15, 0.2) is 0 Å². The Bertz CT molecular complexity index is 483. The second-order valence-electron chi connectivity index (χ2n) is 4.89. The predicted octanol–water partition coefficient (Wildman–Crippen LogP) is 1.69. The van der Waals surface area contributed by atoms with Gasteiger partial charge in [-0.3, -0.25) is 15.0 Å². The number of urea groups is 1. The first kappa shape index (κ1) is 16.9. The lowest BCUT2D eigenvalue weighted by atomic mass is 10.1. The van der Waals surface area contributed by atoms with Gasteiger partial charge in [0.25, 0.3) is 0 Å². The summed E-state index contributed by atoms with van der Waals surface area (Å²) in [4.78, 5) is 24.8. The molecular weight excluding hydrogens is 266 g/mol. The number of nitrogens with one attached hydrogen (secondary N) is 2. The number of amides is 3. The molecule has 0 aliphatic rings. The highest BCUT2D eigenvalue weighted by Crippen LogP contribution is 2.07. The van der Waals surface area contributed by atoms with Gasteiger partial charge in [0.2, 0.25) is 5.91 Å². The Morgan fingerprint density at radius 3 is 2.43 bits per heavy atom. The summed E-state index contributed by atoms with van der Waals surface area (Å²) in [5.41, 5.74) is 2.43. The van der Waals surface area contributed by atoms with Crippen molar-refractivity contribution in [2.45, 2.75) is 19.9 Å². The molecule has 21 heavy (non-hydrogen) atoms. The molecule has 0 atom stereocenters. The average molecular weight is 289 g/mol. The predicted molar refractivity (Wildman–Crippen MR) is 83.9 cm³/mol. The second-order valence-corrected chi connectivity index (χ2v) is 4.89. The van der Waals surface area contributed by atoms with E-state index in [4.69, 9.17) is 0 Å². The van der Waals surface area contributed by atoms with Gasteiger partial charge in [0, 0.05) is 13.1 Å². The van der Waals surface area contributed by atoms with Crippen molar-refractivity contribution in [1.29, 1.82) is 0 Å². The maximum atomic E-state index is 11.7. The van der Waals surface area contributed by atoms with Crippen molar-refractivity contribution in [1.82, 2.24) is 15.5 Å². The van der Waals surface area contributed by atoms with E-state index in [1.165, 1.54) is 5.56 Å². The minimum Gasteiger partial charge on any atom is -0.334 e. The number of carbonyl (C=O) groups excluding carboxylic acids is 2. The number of hydrogen-bond donors (Lipinski definition) is 2. The van der Waals surface area contributed by atoms with Gasteiger partial charge >= 0.3 is 6.03 Å². The van der Waals surface area contributed by atoms with Crippen LogP contribution in [0.5, 0.6) is 0 Å². The van der Waals surface area contributed by atoms with E-state index in [9.17, 15) is 9.59 Å². The molecule has 0 saturated heterocycles. The lowest BCUT2D eigenvalue weighted by molar-refractivity contribution is -0.120. The van der Waals surface area contributed by atoms with Crippen LogP contribution in [0.3, 0.4) is 0 Å². The molecule has 0 aliphatic carbocycles. The molecule has 114 valence electrons. The Morgan fingerprint density at radius 1 is 1.24 bits per heavy atom. The molecule has 2 N–H and O–H groups in total. The summed E-state index contributed by atoms with van der Waals surface area (Å²) in [5.74, 6) is -0.329. The molecule has 3 amide bonds. The van der Waals surface area contributed by atoms with Crippen LogP contribution >= 0.6 is 0 Å². The zero-order chi connectivity index (χ0) is 15.7. The Kier molecular flexibility index (Phi) is 7.18. The first-order chi connectivity index (χ1) is 10.0. The summed E-state index contributed by atoms with van der Waals surface area (Å²) < 4.78 is 0. The molecule has 5 heteroatoms. The monoisotopic (exact) mass is 289 g/mol. The molecule has 1 aromatic rings. The molecule has 0 bridgehead atoms. The summed E-state index contributed by atoms with van der Waals surface area (Å²) in [6.45, 7) is 6.75. The van der Waals surface area contributed by atoms with E-state index < -0.39 is 6.03 Å². The van der Waals surface area contributed by atoms with Gasteiger partial charge in [-0.1, -0.05) is 37.3 Å². The topological polar surface area (TPSA) is 61.4 Å². The van der Waals surface area contributed by atoms with Gasteiger partial charge < -0.3 is 5.32 Å². The van der Waals surface area contributed by atoms with E-state index in [0.29, 0.717) is 13.1 Å².